The summed E-state index contributed by atoms with van der Waals surface area (Å²) in [5, 5.41) is 0. The van der Waals surface area contributed by atoms with Crippen molar-refractivity contribution in [1.82, 2.24) is 0 Å². The Kier molecular flexibility index (Phi) is 4.43. The smallest absolute Gasteiger partial charge is 0.142 e. The van der Waals surface area contributed by atoms with Gasteiger partial charge in [0, 0.05) is 10.5 Å². The molecule has 0 saturated carbocycles. The van der Waals surface area contributed by atoms with E-state index < -0.39 is 6.04 Å². The molecule has 2 aromatic rings. The fraction of sp³-hybridized carbons (Fsp3) is 0.143. The van der Waals surface area contributed by atoms with Gasteiger partial charge in [-0.05, 0) is 45.9 Å². The lowest BCUT2D eigenvalue weighted by Crippen LogP contribution is -2.13. The molecule has 0 aliphatic rings. The fourth-order valence-electron chi connectivity index (χ4n) is 1.75. The van der Waals surface area contributed by atoms with Crippen LogP contribution in [0, 0.1) is 5.82 Å². The lowest BCUT2D eigenvalue weighted by Gasteiger charge is -2.14. The highest BCUT2D eigenvalue weighted by Gasteiger charge is 2.15. The highest BCUT2D eigenvalue weighted by atomic mass is 79.9. The second-order valence-electron chi connectivity index (χ2n) is 3.89. The van der Waals surface area contributed by atoms with Crippen LogP contribution in [0.15, 0.2) is 51.8 Å². The third-order valence-electron chi connectivity index (χ3n) is 2.79. The van der Waals surface area contributed by atoms with Crippen molar-refractivity contribution in [1.29, 1.82) is 0 Å². The van der Waals surface area contributed by atoms with Crippen molar-refractivity contribution in [3.63, 3.8) is 0 Å². The van der Waals surface area contributed by atoms with Crippen molar-refractivity contribution in [2.24, 2.45) is 5.73 Å². The average molecular weight is 326 g/mol. The number of hydrogen-bond acceptors (Lipinski definition) is 2. The van der Waals surface area contributed by atoms with Crippen molar-refractivity contribution in [2.45, 2.75) is 10.9 Å². The Labute approximate surface area is 119 Å². The Balaban J connectivity index is 2.35. The number of benzene rings is 2. The van der Waals surface area contributed by atoms with Gasteiger partial charge in [0.25, 0.3) is 0 Å². The second-order valence-corrected chi connectivity index (χ2v) is 5.63. The fourth-order valence-corrected chi connectivity index (χ4v) is 2.54. The summed E-state index contributed by atoms with van der Waals surface area (Å²) in [4.78, 5) is 1.17. The van der Waals surface area contributed by atoms with Crippen LogP contribution in [0.25, 0.3) is 0 Å². The number of nitrogens with two attached hydrogens (primary N) is 1. The first-order chi connectivity index (χ1) is 8.63. The van der Waals surface area contributed by atoms with Gasteiger partial charge in [0.15, 0.2) is 0 Å². The van der Waals surface area contributed by atoms with E-state index in [2.05, 4.69) is 15.9 Å². The van der Waals surface area contributed by atoms with E-state index in [0.717, 1.165) is 5.56 Å². The van der Waals surface area contributed by atoms with E-state index in [4.69, 9.17) is 5.73 Å². The van der Waals surface area contributed by atoms with Crippen LogP contribution in [-0.2, 0) is 0 Å². The normalized spacial score (nSPS) is 12.4. The molecule has 1 atom stereocenters. The van der Waals surface area contributed by atoms with Gasteiger partial charge in [0.1, 0.15) is 5.82 Å². The van der Waals surface area contributed by atoms with E-state index in [9.17, 15) is 4.39 Å². The van der Waals surface area contributed by atoms with Crippen LogP contribution >= 0.6 is 27.7 Å². The Morgan fingerprint density at radius 1 is 1.17 bits per heavy atom. The summed E-state index contributed by atoms with van der Waals surface area (Å²) < 4.78 is 14.4. The maximum absolute atomic E-state index is 14.0. The lowest BCUT2D eigenvalue weighted by atomic mass is 9.99. The summed E-state index contributed by atoms with van der Waals surface area (Å²) in [6.07, 6.45) is 2.02. The molecule has 0 spiro atoms. The summed E-state index contributed by atoms with van der Waals surface area (Å²) in [7, 11) is 0. The van der Waals surface area contributed by atoms with Crippen LogP contribution in [-0.4, -0.2) is 6.26 Å². The van der Waals surface area contributed by atoms with Crippen LogP contribution in [0.4, 0.5) is 4.39 Å². The first-order valence-electron chi connectivity index (χ1n) is 5.47. The number of rotatable bonds is 3. The number of thioether (sulfide) groups is 1. The Morgan fingerprint density at radius 3 is 2.44 bits per heavy atom. The summed E-state index contributed by atoms with van der Waals surface area (Å²) in [5.41, 5.74) is 7.52. The summed E-state index contributed by atoms with van der Waals surface area (Å²) >= 11 is 4.84. The molecule has 0 saturated heterocycles. The van der Waals surface area contributed by atoms with Crippen LogP contribution in [0.5, 0.6) is 0 Å². The van der Waals surface area contributed by atoms with E-state index in [1.807, 2.05) is 30.5 Å². The van der Waals surface area contributed by atoms with E-state index in [1.165, 1.54) is 4.90 Å². The third kappa shape index (κ3) is 2.76. The van der Waals surface area contributed by atoms with Gasteiger partial charge in [-0.1, -0.05) is 24.3 Å². The molecule has 0 heterocycles. The number of halogens is 2. The van der Waals surface area contributed by atoms with E-state index in [0.29, 0.717) is 10.0 Å². The molecule has 2 rings (SSSR count). The lowest BCUT2D eigenvalue weighted by molar-refractivity contribution is 0.593. The minimum atomic E-state index is -0.446. The van der Waals surface area contributed by atoms with Gasteiger partial charge in [-0.3, -0.25) is 0 Å². The van der Waals surface area contributed by atoms with Crippen LogP contribution in [0.1, 0.15) is 17.2 Å². The summed E-state index contributed by atoms with van der Waals surface area (Å²) in [5.74, 6) is -0.293. The van der Waals surface area contributed by atoms with E-state index in [1.54, 1.807) is 30.0 Å². The summed E-state index contributed by atoms with van der Waals surface area (Å²) in [6.45, 7) is 0. The SMILES string of the molecule is CSc1ccc(C(N)c2cccc(Br)c2F)cc1. The van der Waals surface area contributed by atoms with E-state index >= 15 is 0 Å². The summed E-state index contributed by atoms with van der Waals surface area (Å²) in [6, 6.07) is 12.6. The predicted molar refractivity (Wildman–Crippen MR) is 78.4 cm³/mol. The molecule has 0 bridgehead atoms. The van der Waals surface area contributed by atoms with Crippen molar-refractivity contribution < 1.29 is 4.39 Å². The van der Waals surface area contributed by atoms with Gasteiger partial charge >= 0.3 is 0 Å². The minimum Gasteiger partial charge on any atom is -0.320 e. The first kappa shape index (κ1) is 13.6. The quantitative estimate of drug-likeness (QED) is 0.848. The molecule has 0 aliphatic carbocycles. The molecule has 0 fully saturated rings. The molecule has 0 amide bonds. The Morgan fingerprint density at radius 2 is 1.83 bits per heavy atom. The van der Waals surface area contributed by atoms with Gasteiger partial charge in [-0.15, -0.1) is 11.8 Å². The standard InChI is InChI=1S/C14H13BrFNS/c1-18-10-7-5-9(6-8-10)14(17)11-3-2-4-12(15)13(11)16/h2-8,14H,17H2,1H3. The highest BCUT2D eigenvalue weighted by molar-refractivity contribution is 9.10. The Hall–Kier alpha value is -0.840. The van der Waals surface area contributed by atoms with Gasteiger partial charge < -0.3 is 5.73 Å². The van der Waals surface area contributed by atoms with Crippen LogP contribution < -0.4 is 5.73 Å². The molecule has 0 aliphatic heterocycles. The molecule has 94 valence electrons. The molecule has 0 radical (unpaired) electrons. The maximum atomic E-state index is 14.0. The zero-order chi connectivity index (χ0) is 13.1. The minimum absolute atomic E-state index is 0.293. The zero-order valence-electron chi connectivity index (χ0n) is 9.86. The van der Waals surface area contributed by atoms with E-state index in [-0.39, 0.29) is 5.82 Å². The predicted octanol–water partition coefficient (Wildman–Crippen LogP) is 4.36. The molecule has 2 aromatic carbocycles. The first-order valence-corrected chi connectivity index (χ1v) is 7.48. The molecule has 4 heteroatoms. The zero-order valence-corrected chi connectivity index (χ0v) is 12.3. The molecule has 18 heavy (non-hydrogen) atoms. The topological polar surface area (TPSA) is 26.0 Å². The monoisotopic (exact) mass is 325 g/mol. The van der Waals surface area contributed by atoms with Crippen LogP contribution in [0.2, 0.25) is 0 Å². The van der Waals surface area contributed by atoms with Crippen molar-refractivity contribution >= 4 is 27.7 Å². The van der Waals surface area contributed by atoms with Gasteiger partial charge in [-0.25, -0.2) is 4.39 Å². The molecule has 2 N–H and O–H groups in total. The van der Waals surface area contributed by atoms with Crippen molar-refractivity contribution in [2.75, 3.05) is 6.26 Å². The van der Waals surface area contributed by atoms with Crippen molar-refractivity contribution in [3.05, 3.63) is 63.9 Å². The van der Waals surface area contributed by atoms with Gasteiger partial charge in [0.2, 0.25) is 0 Å². The van der Waals surface area contributed by atoms with Gasteiger partial charge in [0.05, 0.1) is 10.5 Å². The Bertz CT molecular complexity index is 542. The molecular weight excluding hydrogens is 313 g/mol. The number of hydrogen-bond donors (Lipinski definition) is 1. The largest absolute Gasteiger partial charge is 0.320 e. The highest BCUT2D eigenvalue weighted by Crippen LogP contribution is 2.27. The van der Waals surface area contributed by atoms with Crippen molar-refractivity contribution in [3.8, 4) is 0 Å². The molecule has 1 nitrogen and oxygen atoms in total. The van der Waals surface area contributed by atoms with Crippen LogP contribution in [0.3, 0.4) is 0 Å². The molecule has 1 unspecified atom stereocenters. The average Bonchev–Trinajstić information content (AvgIpc) is 2.41. The molecular formula is C14H13BrFNS. The maximum Gasteiger partial charge on any atom is 0.142 e. The second kappa shape index (κ2) is 5.87. The third-order valence-corrected chi connectivity index (χ3v) is 4.15. The van der Waals surface area contributed by atoms with Gasteiger partial charge in [-0.2, -0.15) is 0 Å². The molecule has 0 aromatic heterocycles.